The Morgan fingerprint density at radius 1 is 0.739 bits per heavy atom. The topological polar surface area (TPSA) is 27.7 Å². The molecule has 0 N–H and O–H groups in total. The van der Waals surface area contributed by atoms with Gasteiger partial charge in [0.1, 0.15) is 5.75 Å². The van der Waals surface area contributed by atoms with Crippen molar-refractivity contribution < 1.29 is 13.3 Å². The van der Waals surface area contributed by atoms with Crippen LogP contribution in [0.5, 0.6) is 0 Å². The third kappa shape index (κ3) is 4.93. The summed E-state index contributed by atoms with van der Waals surface area (Å²) < 4.78 is 16.6. The summed E-state index contributed by atoms with van der Waals surface area (Å²) in [5.41, 5.74) is 0. The smallest absolute Gasteiger partial charge is 0.377 e. The van der Waals surface area contributed by atoms with Gasteiger partial charge in [-0.3, -0.25) is 0 Å². The van der Waals surface area contributed by atoms with Crippen LogP contribution in [0.1, 0.15) is 6.42 Å². The van der Waals surface area contributed by atoms with Crippen LogP contribution in [0.3, 0.4) is 0 Å². The molecule has 3 nitrogen and oxygen atoms in total. The molecule has 0 aliphatic rings. The van der Waals surface area contributed by atoms with Crippen LogP contribution in [0.2, 0.25) is 6.04 Å². The van der Waals surface area contributed by atoms with E-state index in [4.69, 9.17) is 13.3 Å². The van der Waals surface area contributed by atoms with E-state index in [1.807, 2.05) is 0 Å². The Bertz CT molecular complexity index is 513. The Hall–Kier alpha value is -1.11. The molecule has 0 atom stereocenters. The lowest BCUT2D eigenvalue weighted by Gasteiger charge is -2.24. The molecule has 124 valence electrons. The fourth-order valence-electron chi connectivity index (χ4n) is 2.53. The monoisotopic (exact) mass is 349 g/mol. The Balaban J connectivity index is 2.11. The molecule has 5 heteroatoms. The maximum atomic E-state index is 5.53. The van der Waals surface area contributed by atoms with E-state index in [0.29, 0.717) is 0 Å². The predicted octanol–water partition coefficient (Wildman–Crippen LogP) is 3.99. The molecule has 0 spiro atoms. The molecule has 2 aromatic rings. The average molecular weight is 350 g/mol. The van der Waals surface area contributed by atoms with Gasteiger partial charge in [-0.25, -0.2) is 0 Å². The van der Waals surface area contributed by atoms with E-state index in [1.165, 1.54) is 9.79 Å². The zero-order chi connectivity index (χ0) is 16.5. The van der Waals surface area contributed by atoms with E-state index in [1.54, 1.807) is 21.3 Å². The van der Waals surface area contributed by atoms with Gasteiger partial charge in [-0.2, -0.15) is 0 Å². The van der Waals surface area contributed by atoms with E-state index in [0.717, 1.165) is 18.2 Å². The van der Waals surface area contributed by atoms with Crippen molar-refractivity contribution in [3.8, 4) is 0 Å². The first kappa shape index (κ1) is 18.2. The largest absolute Gasteiger partial charge is 0.500 e. The number of hydrogen-bond donors (Lipinski definition) is 0. The van der Waals surface area contributed by atoms with Gasteiger partial charge in [0.25, 0.3) is 0 Å². The highest BCUT2D eigenvalue weighted by molar-refractivity contribution is 7.97. The van der Waals surface area contributed by atoms with Crippen molar-refractivity contribution in [1.29, 1.82) is 0 Å². The molecule has 0 aliphatic carbocycles. The molecule has 0 unspecified atom stereocenters. The van der Waals surface area contributed by atoms with Crippen LogP contribution >= 0.6 is 0 Å². The highest BCUT2D eigenvalue weighted by Gasteiger charge is 2.38. The Morgan fingerprint density at radius 2 is 1.17 bits per heavy atom. The first-order valence-electron chi connectivity index (χ1n) is 7.71. The third-order valence-corrected chi connectivity index (χ3v) is 9.03. The molecule has 0 saturated heterocycles. The van der Waals surface area contributed by atoms with Crippen molar-refractivity contribution in [2.75, 3.05) is 27.1 Å². The minimum absolute atomic E-state index is 0.0637. The fraction of sp³-hybridized carbons (Fsp3) is 0.333. The fourth-order valence-corrected chi connectivity index (χ4v) is 6.66. The summed E-state index contributed by atoms with van der Waals surface area (Å²) in [7, 11) is 2.60. The lowest BCUT2D eigenvalue weighted by atomic mass is 10.4. The zero-order valence-corrected chi connectivity index (χ0v) is 15.8. The van der Waals surface area contributed by atoms with Crippen LogP contribution in [-0.4, -0.2) is 35.9 Å². The molecule has 0 radical (unpaired) electrons. The first-order valence-corrected chi connectivity index (χ1v) is 11.0. The second-order valence-corrected chi connectivity index (χ2v) is 10.3. The van der Waals surface area contributed by atoms with E-state index >= 15 is 0 Å². The van der Waals surface area contributed by atoms with Gasteiger partial charge in [-0.1, -0.05) is 36.4 Å². The average Bonchev–Trinajstić information content (AvgIpc) is 2.64. The summed E-state index contributed by atoms with van der Waals surface area (Å²) in [5.74, 6) is 1.07. The summed E-state index contributed by atoms with van der Waals surface area (Å²) in [5, 5.41) is 0. The third-order valence-electron chi connectivity index (χ3n) is 3.82. The van der Waals surface area contributed by atoms with E-state index in [-0.39, 0.29) is 10.9 Å². The van der Waals surface area contributed by atoms with E-state index in [2.05, 4.69) is 60.7 Å². The molecule has 0 aliphatic heterocycles. The summed E-state index contributed by atoms with van der Waals surface area (Å²) in [6.07, 6.45) is 1.01. The molecule has 0 heterocycles. The number of rotatable bonds is 9. The van der Waals surface area contributed by atoms with Crippen LogP contribution in [0.4, 0.5) is 0 Å². The second-order valence-electron chi connectivity index (χ2n) is 5.12. The van der Waals surface area contributed by atoms with Crippen LogP contribution in [0.15, 0.2) is 70.5 Å². The Labute approximate surface area is 143 Å². The Morgan fingerprint density at radius 3 is 1.57 bits per heavy atom. The van der Waals surface area contributed by atoms with Crippen molar-refractivity contribution in [3.05, 3.63) is 60.7 Å². The molecule has 0 saturated carbocycles. The van der Waals surface area contributed by atoms with Gasteiger partial charge < -0.3 is 13.3 Å². The van der Waals surface area contributed by atoms with Crippen LogP contribution in [0.25, 0.3) is 0 Å². The van der Waals surface area contributed by atoms with Gasteiger partial charge >= 0.3 is 8.80 Å². The summed E-state index contributed by atoms with van der Waals surface area (Å²) in [6.45, 7) is 0. The van der Waals surface area contributed by atoms with Gasteiger partial charge in [0.2, 0.25) is 0 Å². The van der Waals surface area contributed by atoms with Gasteiger partial charge in [0.05, 0.1) is 10.9 Å². The molecule has 2 rings (SSSR count). The van der Waals surface area contributed by atoms with Crippen molar-refractivity contribution in [1.82, 2.24) is 0 Å². The Kier molecular flexibility index (Phi) is 7.33. The highest BCUT2D eigenvalue weighted by atomic mass is 32.2. The number of hydrogen-bond acceptors (Lipinski definition) is 3. The summed E-state index contributed by atoms with van der Waals surface area (Å²) in [4.78, 5) is 2.75. The normalized spacial score (nSPS) is 11.8. The standard InChI is InChI=1S/C18H25O3SSi/c1-19-23(20-2,21-3)16-10-15-22(17-11-6-4-7-12-17)18-13-8-5-9-14-18/h4-9,11-14H,10,15-16H2,1-3H3/q+1. The zero-order valence-electron chi connectivity index (χ0n) is 14.0. The second kappa shape index (κ2) is 9.25. The minimum atomic E-state index is -2.48. The highest BCUT2D eigenvalue weighted by Crippen LogP contribution is 2.26. The predicted molar refractivity (Wildman–Crippen MR) is 97.9 cm³/mol. The summed E-state index contributed by atoms with van der Waals surface area (Å²) >= 11 is 0. The minimum Gasteiger partial charge on any atom is -0.377 e. The van der Waals surface area contributed by atoms with Crippen molar-refractivity contribution in [2.45, 2.75) is 22.3 Å². The lowest BCUT2D eigenvalue weighted by molar-refractivity contribution is 0.123. The molecular weight excluding hydrogens is 324 g/mol. The van der Waals surface area contributed by atoms with Gasteiger partial charge in [0.15, 0.2) is 9.79 Å². The molecule has 0 fully saturated rings. The van der Waals surface area contributed by atoms with Crippen molar-refractivity contribution >= 4 is 19.7 Å². The molecule has 0 aromatic heterocycles. The van der Waals surface area contributed by atoms with Gasteiger partial charge in [-0.05, 0) is 30.7 Å². The molecule has 23 heavy (non-hydrogen) atoms. The number of benzene rings is 2. The van der Waals surface area contributed by atoms with Crippen molar-refractivity contribution in [2.24, 2.45) is 0 Å². The summed E-state index contributed by atoms with van der Waals surface area (Å²) in [6, 6.07) is 22.2. The molecule has 0 amide bonds. The molecule has 2 aromatic carbocycles. The first-order chi connectivity index (χ1) is 11.2. The van der Waals surface area contributed by atoms with Gasteiger partial charge in [0, 0.05) is 27.4 Å². The SMILES string of the molecule is CO[Si](CCC[S+](c1ccccc1)c1ccccc1)(OC)OC. The quantitative estimate of drug-likeness (QED) is 0.506. The van der Waals surface area contributed by atoms with Crippen LogP contribution in [-0.2, 0) is 24.2 Å². The maximum Gasteiger partial charge on any atom is 0.500 e. The van der Waals surface area contributed by atoms with Gasteiger partial charge in [-0.15, -0.1) is 0 Å². The van der Waals surface area contributed by atoms with Crippen LogP contribution in [0, 0.1) is 0 Å². The lowest BCUT2D eigenvalue weighted by Crippen LogP contribution is -2.42. The molecule has 0 bridgehead atoms. The van der Waals surface area contributed by atoms with Crippen molar-refractivity contribution in [3.63, 3.8) is 0 Å². The van der Waals surface area contributed by atoms with E-state index < -0.39 is 8.80 Å². The molecular formula is C18H25O3SSi+. The van der Waals surface area contributed by atoms with E-state index in [9.17, 15) is 0 Å². The van der Waals surface area contributed by atoms with Crippen LogP contribution < -0.4 is 0 Å². The maximum absolute atomic E-state index is 5.53.